The zero-order chi connectivity index (χ0) is 25.2. The fraction of sp³-hybridized carbons (Fsp3) is 0.423. The second-order valence-corrected chi connectivity index (χ2v) is 10.5. The quantitative estimate of drug-likeness (QED) is 0.638. The monoisotopic (exact) mass is 498 g/mol. The normalized spacial score (nSPS) is 19.0. The van der Waals surface area contributed by atoms with Gasteiger partial charge in [-0.2, -0.15) is 0 Å². The number of halogens is 1. The summed E-state index contributed by atoms with van der Waals surface area (Å²) in [5.74, 6) is 0.0442. The van der Waals surface area contributed by atoms with Crippen LogP contribution >= 0.6 is 11.6 Å². The summed E-state index contributed by atoms with van der Waals surface area (Å²) in [7, 11) is 0. The molecule has 2 N–H and O–H groups in total. The molecule has 2 bridgehead atoms. The van der Waals surface area contributed by atoms with Gasteiger partial charge in [0.2, 0.25) is 5.91 Å². The summed E-state index contributed by atoms with van der Waals surface area (Å²) in [6.45, 7) is 6.99. The number of carbonyl (C=O) groups excluding carboxylic acids is 3. The number of ether oxygens (including phenoxy) is 1. The van der Waals surface area contributed by atoms with Crippen LogP contribution in [0.25, 0.3) is 0 Å². The van der Waals surface area contributed by atoms with E-state index in [1.165, 1.54) is 0 Å². The van der Waals surface area contributed by atoms with E-state index in [1.54, 1.807) is 29.2 Å². The van der Waals surface area contributed by atoms with Gasteiger partial charge in [-0.25, -0.2) is 9.59 Å². The van der Waals surface area contributed by atoms with E-state index in [1.807, 2.05) is 49.9 Å². The molecule has 2 aliphatic heterocycles. The molecule has 35 heavy (non-hydrogen) atoms. The molecule has 2 saturated heterocycles. The average Bonchev–Trinajstić information content (AvgIpc) is 3.40. The van der Waals surface area contributed by atoms with Crippen LogP contribution in [0, 0.1) is 0 Å². The molecule has 0 aromatic heterocycles. The first-order chi connectivity index (χ1) is 16.6. The standard InChI is InChI=1S/C26H31ClN4O4/c1-26(2,3)35-25(34)31-16-21-13-22(31)15-30(21)23(32)12-17-6-10-20(11-7-17)29-24(33)28-14-18-4-8-19(27)9-5-18/h4-11,21-22H,12-16H2,1-3H3,(H2,28,29,33). The van der Waals surface area contributed by atoms with Crippen LogP contribution in [0.15, 0.2) is 48.5 Å². The third-order valence-corrected chi connectivity index (χ3v) is 6.37. The van der Waals surface area contributed by atoms with Crippen molar-refractivity contribution in [3.8, 4) is 0 Å². The van der Waals surface area contributed by atoms with E-state index in [2.05, 4.69) is 10.6 Å². The van der Waals surface area contributed by atoms with Crippen LogP contribution in [0.1, 0.15) is 38.3 Å². The SMILES string of the molecule is CC(C)(C)OC(=O)N1CC2CC1CN2C(=O)Cc1ccc(NC(=O)NCc2ccc(Cl)cc2)cc1. The Bertz CT molecular complexity index is 1080. The molecular formula is C26H31ClN4O4. The second kappa shape index (κ2) is 10.2. The van der Waals surface area contributed by atoms with Crippen molar-refractivity contribution in [2.45, 2.75) is 57.8 Å². The van der Waals surface area contributed by atoms with Crippen molar-refractivity contribution in [3.05, 3.63) is 64.7 Å². The maximum Gasteiger partial charge on any atom is 0.410 e. The minimum Gasteiger partial charge on any atom is -0.444 e. The summed E-state index contributed by atoms with van der Waals surface area (Å²) in [4.78, 5) is 41.1. The number of urea groups is 1. The van der Waals surface area contributed by atoms with E-state index < -0.39 is 5.60 Å². The first-order valence-electron chi connectivity index (χ1n) is 11.7. The van der Waals surface area contributed by atoms with Gasteiger partial charge >= 0.3 is 12.1 Å². The number of benzene rings is 2. The number of fused-ring (bicyclic) bond motifs is 2. The van der Waals surface area contributed by atoms with Gasteiger partial charge in [-0.1, -0.05) is 35.9 Å². The van der Waals surface area contributed by atoms with Crippen molar-refractivity contribution in [3.63, 3.8) is 0 Å². The Kier molecular flexibility index (Phi) is 7.21. The van der Waals surface area contributed by atoms with Crippen LogP contribution in [0.2, 0.25) is 5.02 Å². The van der Waals surface area contributed by atoms with Crippen molar-refractivity contribution in [2.75, 3.05) is 18.4 Å². The van der Waals surface area contributed by atoms with Gasteiger partial charge in [0.1, 0.15) is 5.60 Å². The Morgan fingerprint density at radius 2 is 1.54 bits per heavy atom. The summed E-state index contributed by atoms with van der Waals surface area (Å²) >= 11 is 5.87. The number of likely N-dealkylation sites (tertiary alicyclic amines) is 2. The minimum atomic E-state index is -0.535. The highest BCUT2D eigenvalue weighted by atomic mass is 35.5. The van der Waals surface area contributed by atoms with Crippen molar-refractivity contribution in [1.29, 1.82) is 0 Å². The molecule has 2 atom stereocenters. The van der Waals surface area contributed by atoms with E-state index in [-0.39, 0.29) is 36.5 Å². The van der Waals surface area contributed by atoms with Gasteiger partial charge in [0.25, 0.3) is 0 Å². The third kappa shape index (κ3) is 6.45. The molecule has 2 fully saturated rings. The molecule has 2 unspecified atom stereocenters. The molecule has 4 amide bonds. The molecule has 0 spiro atoms. The molecule has 0 radical (unpaired) electrons. The Hall–Kier alpha value is -3.26. The molecular weight excluding hydrogens is 468 g/mol. The predicted octanol–water partition coefficient (Wildman–Crippen LogP) is 4.42. The summed E-state index contributed by atoms with van der Waals surface area (Å²) < 4.78 is 5.49. The van der Waals surface area contributed by atoms with Crippen LogP contribution in [0.3, 0.4) is 0 Å². The van der Waals surface area contributed by atoms with Crippen LogP contribution in [-0.2, 0) is 22.5 Å². The van der Waals surface area contributed by atoms with Gasteiger partial charge in [0.15, 0.2) is 0 Å². The lowest BCUT2D eigenvalue weighted by Crippen LogP contribution is -2.52. The molecule has 2 aromatic carbocycles. The maximum atomic E-state index is 12.9. The average molecular weight is 499 g/mol. The summed E-state index contributed by atoms with van der Waals surface area (Å²) in [6.07, 6.45) is 0.759. The van der Waals surface area contributed by atoms with E-state index in [0.29, 0.717) is 30.3 Å². The Morgan fingerprint density at radius 3 is 2.14 bits per heavy atom. The van der Waals surface area contributed by atoms with Crippen molar-refractivity contribution >= 4 is 35.3 Å². The summed E-state index contributed by atoms with van der Waals surface area (Å²) in [5, 5.41) is 6.24. The summed E-state index contributed by atoms with van der Waals surface area (Å²) in [6, 6.07) is 14.2. The van der Waals surface area contributed by atoms with Gasteiger partial charge in [-0.05, 0) is 62.6 Å². The zero-order valence-corrected chi connectivity index (χ0v) is 21.0. The first-order valence-corrected chi connectivity index (χ1v) is 12.1. The predicted molar refractivity (Wildman–Crippen MR) is 134 cm³/mol. The lowest BCUT2D eigenvalue weighted by Gasteiger charge is -2.35. The fourth-order valence-electron chi connectivity index (χ4n) is 4.46. The van der Waals surface area contributed by atoms with Crippen molar-refractivity contribution in [1.82, 2.24) is 15.1 Å². The Balaban J connectivity index is 1.23. The van der Waals surface area contributed by atoms with Gasteiger partial charge in [0, 0.05) is 30.3 Å². The largest absolute Gasteiger partial charge is 0.444 e. The number of piperazine rings is 1. The number of hydrogen-bond acceptors (Lipinski definition) is 4. The van der Waals surface area contributed by atoms with E-state index in [4.69, 9.17) is 16.3 Å². The molecule has 8 nitrogen and oxygen atoms in total. The summed E-state index contributed by atoms with van der Waals surface area (Å²) in [5.41, 5.74) is 1.92. The molecule has 9 heteroatoms. The minimum absolute atomic E-state index is 0.0109. The smallest absolute Gasteiger partial charge is 0.410 e. The second-order valence-electron chi connectivity index (χ2n) is 10.0. The number of nitrogens with zero attached hydrogens (tertiary/aromatic N) is 2. The van der Waals surface area contributed by atoms with Crippen molar-refractivity contribution < 1.29 is 19.1 Å². The highest BCUT2D eigenvalue weighted by Gasteiger charge is 2.47. The Morgan fingerprint density at radius 1 is 0.943 bits per heavy atom. The lowest BCUT2D eigenvalue weighted by molar-refractivity contribution is -0.132. The molecule has 4 rings (SSSR count). The highest BCUT2D eigenvalue weighted by Crippen LogP contribution is 2.32. The van der Waals surface area contributed by atoms with Crippen LogP contribution < -0.4 is 10.6 Å². The maximum absolute atomic E-state index is 12.9. The van der Waals surface area contributed by atoms with Crippen LogP contribution in [0.5, 0.6) is 0 Å². The first kappa shape index (κ1) is 24.9. The number of carbonyl (C=O) groups is 3. The molecule has 0 aliphatic carbocycles. The fourth-order valence-corrected chi connectivity index (χ4v) is 4.58. The molecule has 2 aliphatic rings. The number of hydrogen-bond donors (Lipinski definition) is 2. The van der Waals surface area contributed by atoms with Crippen LogP contribution in [0.4, 0.5) is 15.3 Å². The number of anilines is 1. The topological polar surface area (TPSA) is 91.0 Å². The third-order valence-electron chi connectivity index (χ3n) is 6.12. The van der Waals surface area contributed by atoms with Crippen molar-refractivity contribution in [2.24, 2.45) is 0 Å². The number of rotatable bonds is 5. The lowest BCUT2D eigenvalue weighted by atomic mass is 10.1. The van der Waals surface area contributed by atoms with E-state index in [9.17, 15) is 14.4 Å². The number of amides is 4. The van der Waals surface area contributed by atoms with Gasteiger partial charge in [-0.15, -0.1) is 0 Å². The Labute approximate surface area is 210 Å². The van der Waals surface area contributed by atoms with Gasteiger partial charge in [-0.3, -0.25) is 4.79 Å². The zero-order valence-electron chi connectivity index (χ0n) is 20.2. The van der Waals surface area contributed by atoms with Crippen LogP contribution in [-0.4, -0.2) is 58.6 Å². The van der Waals surface area contributed by atoms with E-state index >= 15 is 0 Å². The molecule has 2 heterocycles. The number of nitrogens with one attached hydrogen (secondary N) is 2. The van der Waals surface area contributed by atoms with Gasteiger partial charge in [0.05, 0.1) is 18.5 Å². The molecule has 186 valence electrons. The molecule has 2 aromatic rings. The van der Waals surface area contributed by atoms with Gasteiger partial charge < -0.3 is 25.2 Å². The highest BCUT2D eigenvalue weighted by molar-refractivity contribution is 6.30. The molecule has 0 saturated carbocycles. The van der Waals surface area contributed by atoms with E-state index in [0.717, 1.165) is 17.5 Å².